The van der Waals surface area contributed by atoms with Gasteiger partial charge in [0, 0.05) is 49.5 Å². The Bertz CT molecular complexity index is 1920. The van der Waals surface area contributed by atoms with Crippen LogP contribution < -0.4 is 14.8 Å². The largest absolute Gasteiger partial charge is 0.444 e. The molecular weight excluding hydrogens is 649 g/mol. The lowest BCUT2D eigenvalue weighted by Crippen LogP contribution is -2.34. The summed E-state index contributed by atoms with van der Waals surface area (Å²) < 4.78 is 32.4. The number of carbonyl (C=O) groups is 1. The van der Waals surface area contributed by atoms with E-state index in [1.165, 1.54) is 6.07 Å². The van der Waals surface area contributed by atoms with Crippen LogP contribution in [0.15, 0.2) is 48.7 Å². The van der Waals surface area contributed by atoms with Crippen LogP contribution >= 0.6 is 11.6 Å². The second-order valence-electron chi connectivity index (χ2n) is 13.2. The van der Waals surface area contributed by atoms with E-state index >= 15 is 0 Å². The van der Waals surface area contributed by atoms with Gasteiger partial charge < -0.3 is 19.5 Å². The Morgan fingerprint density at radius 3 is 2.78 bits per heavy atom. The van der Waals surface area contributed by atoms with E-state index in [1.54, 1.807) is 32.4 Å². The molecule has 2 N–H and O–H groups in total. The average Bonchev–Trinajstić information content (AvgIpc) is 3.51. The first-order valence-corrected chi connectivity index (χ1v) is 16.8. The first-order valence-electron chi connectivity index (χ1n) is 16.5. The first-order chi connectivity index (χ1) is 23.7. The summed E-state index contributed by atoms with van der Waals surface area (Å²) in [6, 6.07) is 14.9. The number of halogens is 2. The molecule has 1 saturated carbocycles. The average molecular weight is 686 g/mol. The monoisotopic (exact) mass is 685 g/mol. The number of benzene rings is 2. The van der Waals surface area contributed by atoms with Crippen molar-refractivity contribution < 1.29 is 23.4 Å². The Balaban J connectivity index is 1.04. The predicted molar refractivity (Wildman–Crippen MR) is 179 cm³/mol. The maximum atomic E-state index is 14.9. The Kier molecular flexibility index (Phi) is 9.00. The number of methoxy groups -OCH3 is 1. The minimum atomic E-state index is -1.30. The third kappa shape index (κ3) is 6.84. The second-order valence-corrected chi connectivity index (χ2v) is 13.6. The van der Waals surface area contributed by atoms with Gasteiger partial charge in [-0.05, 0) is 87.0 Å². The molecule has 0 radical (unpaired) electrons. The highest BCUT2D eigenvalue weighted by Crippen LogP contribution is 2.50. The van der Waals surface area contributed by atoms with Gasteiger partial charge in [-0.15, -0.1) is 0 Å². The lowest BCUT2D eigenvalue weighted by atomic mass is 9.88. The van der Waals surface area contributed by atoms with Crippen LogP contribution in [-0.2, 0) is 23.5 Å². The van der Waals surface area contributed by atoms with Crippen LogP contribution in [0.4, 0.5) is 4.39 Å². The summed E-state index contributed by atoms with van der Waals surface area (Å²) in [6.45, 7) is 4.80. The van der Waals surface area contributed by atoms with E-state index in [1.807, 2.05) is 18.2 Å². The summed E-state index contributed by atoms with van der Waals surface area (Å²) in [5.41, 5.74) is 3.58. The third-order valence-electron chi connectivity index (χ3n) is 9.66. The number of aromatic amines is 1. The number of rotatable bonds is 11. The zero-order valence-electron chi connectivity index (χ0n) is 27.4. The van der Waals surface area contributed by atoms with E-state index in [9.17, 15) is 14.4 Å². The van der Waals surface area contributed by atoms with Crippen LogP contribution in [0.1, 0.15) is 71.5 Å². The van der Waals surface area contributed by atoms with Crippen molar-refractivity contribution in [1.29, 1.82) is 5.26 Å². The first kappa shape index (κ1) is 33.0. The van der Waals surface area contributed by atoms with Crippen LogP contribution in [0.3, 0.4) is 0 Å². The minimum absolute atomic E-state index is 0.109. The smallest absolute Gasteiger partial charge is 0.288 e. The van der Waals surface area contributed by atoms with Gasteiger partial charge in [0.15, 0.2) is 17.3 Å². The molecule has 1 saturated heterocycles. The number of H-pyrrole nitrogens is 1. The number of hydrogen-bond donors (Lipinski definition) is 2. The molecule has 11 nitrogen and oxygen atoms in total. The van der Waals surface area contributed by atoms with E-state index in [4.69, 9.17) is 30.8 Å². The van der Waals surface area contributed by atoms with Crippen molar-refractivity contribution in [1.82, 2.24) is 30.4 Å². The Morgan fingerprint density at radius 2 is 2.04 bits per heavy atom. The van der Waals surface area contributed by atoms with Crippen LogP contribution in [0.25, 0.3) is 11.4 Å². The van der Waals surface area contributed by atoms with Gasteiger partial charge in [-0.3, -0.25) is 19.8 Å². The van der Waals surface area contributed by atoms with Crippen LogP contribution in [0.5, 0.6) is 11.5 Å². The molecule has 2 aromatic carbocycles. The van der Waals surface area contributed by atoms with Gasteiger partial charge >= 0.3 is 0 Å². The zero-order valence-corrected chi connectivity index (χ0v) is 28.1. The summed E-state index contributed by atoms with van der Waals surface area (Å²) in [5, 5.41) is 19.9. The van der Waals surface area contributed by atoms with E-state index in [-0.39, 0.29) is 23.1 Å². The summed E-state index contributed by atoms with van der Waals surface area (Å²) >= 11 is 5.99. The summed E-state index contributed by atoms with van der Waals surface area (Å²) in [7, 11) is 1.57. The van der Waals surface area contributed by atoms with Gasteiger partial charge in [-0.1, -0.05) is 23.7 Å². The molecule has 1 atom stereocenters. The van der Waals surface area contributed by atoms with Crippen molar-refractivity contribution in [2.24, 2.45) is 5.41 Å². The molecular formula is C36H37ClFN7O4. The van der Waals surface area contributed by atoms with Crippen LogP contribution in [0.2, 0.25) is 5.02 Å². The number of hydrogen-bond acceptors (Lipinski definition) is 9. The van der Waals surface area contributed by atoms with Gasteiger partial charge in [-0.2, -0.15) is 10.4 Å². The predicted octanol–water partition coefficient (Wildman–Crippen LogP) is 5.91. The molecule has 2 aliphatic heterocycles. The van der Waals surface area contributed by atoms with Gasteiger partial charge in [0.25, 0.3) is 11.7 Å². The minimum Gasteiger partial charge on any atom is -0.444 e. The number of nitrogens with zero attached hydrogens (tertiary/aromatic N) is 5. The highest BCUT2D eigenvalue weighted by molar-refractivity contribution is 6.30. The molecule has 13 heteroatoms. The van der Waals surface area contributed by atoms with Crippen LogP contribution in [0, 0.1) is 22.6 Å². The molecule has 0 unspecified atom stereocenters. The maximum Gasteiger partial charge on any atom is 0.288 e. The molecule has 7 rings (SSSR count). The number of para-hydroxylation sites is 1. The second kappa shape index (κ2) is 13.4. The molecule has 4 aromatic rings. The summed E-state index contributed by atoms with van der Waals surface area (Å²) in [6.07, 6.45) is 5.86. The van der Waals surface area contributed by atoms with E-state index in [2.05, 4.69) is 37.5 Å². The molecule has 1 amide bonds. The molecule has 2 aromatic heterocycles. The number of amides is 1. The van der Waals surface area contributed by atoms with Gasteiger partial charge in [0.1, 0.15) is 5.82 Å². The topological polar surface area (TPSA) is 138 Å². The van der Waals surface area contributed by atoms with E-state index < -0.39 is 11.6 Å². The molecule has 2 fully saturated rings. The summed E-state index contributed by atoms with van der Waals surface area (Å²) in [4.78, 5) is 24.1. The number of aromatic nitrogens is 4. The SMILES string of the molecule is COCCNC(=O)c1nc(-c2cnc(CN3CCC(c4cccc5c4O[C@@](C)(c4ccc(Cl)cc4F)O5)CC3)c(CC3(C#N)CC3)c2)n[nH]1. The van der Waals surface area contributed by atoms with Crippen molar-refractivity contribution in [3.05, 3.63) is 87.7 Å². The third-order valence-corrected chi connectivity index (χ3v) is 9.90. The lowest BCUT2D eigenvalue weighted by Gasteiger charge is -2.33. The number of nitrogens with one attached hydrogen (secondary N) is 2. The highest BCUT2D eigenvalue weighted by Gasteiger charge is 2.44. The highest BCUT2D eigenvalue weighted by atomic mass is 35.5. The normalized spacial score (nSPS) is 19.8. The van der Waals surface area contributed by atoms with Gasteiger partial charge in [-0.25, -0.2) is 9.37 Å². The molecule has 49 heavy (non-hydrogen) atoms. The Hall–Kier alpha value is -4.57. The Labute approximate surface area is 288 Å². The van der Waals surface area contributed by atoms with Crippen molar-refractivity contribution >= 4 is 17.5 Å². The molecule has 0 spiro atoms. The molecule has 3 aliphatic rings. The van der Waals surface area contributed by atoms with Crippen molar-refractivity contribution in [3.63, 3.8) is 0 Å². The fourth-order valence-electron chi connectivity index (χ4n) is 6.69. The lowest BCUT2D eigenvalue weighted by molar-refractivity contribution is -0.0712. The maximum absolute atomic E-state index is 14.9. The fourth-order valence-corrected chi connectivity index (χ4v) is 6.85. The number of piperidine rings is 1. The summed E-state index contributed by atoms with van der Waals surface area (Å²) in [5.74, 6) is -0.166. The molecule has 0 bridgehead atoms. The number of nitriles is 1. The van der Waals surface area contributed by atoms with Gasteiger partial charge in [0.05, 0.1) is 29.3 Å². The van der Waals surface area contributed by atoms with Crippen LogP contribution in [-0.4, -0.2) is 64.3 Å². The number of pyridine rings is 1. The van der Waals surface area contributed by atoms with Crippen molar-refractivity contribution in [2.75, 3.05) is 33.4 Å². The van der Waals surface area contributed by atoms with Crippen molar-refractivity contribution in [3.8, 4) is 29.0 Å². The molecule has 254 valence electrons. The number of fused-ring (bicyclic) bond motifs is 1. The fraction of sp³-hybridized carbons (Fsp3) is 0.417. The van der Waals surface area contributed by atoms with Crippen molar-refractivity contribution in [2.45, 2.75) is 57.3 Å². The number of likely N-dealkylation sites (tertiary alicyclic amines) is 1. The molecule has 4 heterocycles. The number of carbonyl (C=O) groups excluding carboxylic acids is 1. The molecule has 1 aliphatic carbocycles. The standard InChI is InChI=1S/C36H37ClFN7O4/c1-35(27-7-6-25(37)17-28(27)38)48-30-5-3-4-26(31(30)49-35)22-8-13-45(14-9-22)20-29-23(18-36(21-39)10-11-36)16-24(19-41-29)32-42-33(44-43-32)34(46)40-12-15-47-2/h3-7,16-17,19,22H,8-15,18,20H2,1-2H3,(H,40,46)(H,42,43,44)/t35-/m0/s1. The van der Waals surface area contributed by atoms with E-state index in [0.29, 0.717) is 59.6 Å². The quantitative estimate of drug-likeness (QED) is 0.185. The van der Waals surface area contributed by atoms with E-state index in [0.717, 1.165) is 55.6 Å². The number of ether oxygens (including phenoxy) is 3. The zero-order chi connectivity index (χ0) is 34.2. The Morgan fingerprint density at radius 1 is 1.22 bits per heavy atom. The van der Waals surface area contributed by atoms with Gasteiger partial charge in [0.2, 0.25) is 5.82 Å².